The Morgan fingerprint density at radius 1 is 1.47 bits per heavy atom. The largest absolute Gasteiger partial charge is 0.343 e. The molecule has 2 amide bonds. The molecule has 7 heteroatoms. The average Bonchev–Trinajstić information content (AvgIpc) is 2.75. The van der Waals surface area contributed by atoms with Crippen LogP contribution < -0.4 is 10.6 Å². The van der Waals surface area contributed by atoms with Crippen molar-refractivity contribution >= 4 is 23.2 Å². The van der Waals surface area contributed by atoms with E-state index in [9.17, 15) is 9.59 Å². The van der Waals surface area contributed by atoms with E-state index in [0.29, 0.717) is 0 Å². The van der Waals surface area contributed by atoms with Gasteiger partial charge in [0.2, 0.25) is 0 Å². The second kappa shape index (κ2) is 5.72. The van der Waals surface area contributed by atoms with Gasteiger partial charge < -0.3 is 10.6 Å². The van der Waals surface area contributed by atoms with Crippen LogP contribution in [0, 0.1) is 11.3 Å². The van der Waals surface area contributed by atoms with Crippen molar-refractivity contribution in [1.82, 2.24) is 15.6 Å². The molecule has 0 unspecified atom stereocenters. The van der Waals surface area contributed by atoms with E-state index in [4.69, 9.17) is 5.26 Å². The van der Waals surface area contributed by atoms with Crippen molar-refractivity contribution < 1.29 is 9.59 Å². The van der Waals surface area contributed by atoms with Crippen molar-refractivity contribution in [3.05, 3.63) is 16.6 Å². The molecule has 0 saturated heterocycles. The van der Waals surface area contributed by atoms with Gasteiger partial charge in [-0.1, -0.05) is 0 Å². The molecule has 1 rings (SSSR count). The molecule has 0 bridgehead atoms. The standard InChI is InChI=1S/C8H8N4O2S/c9-1-2-11-7(13)8(14)12-4-6-3-10-5-15-6/h3,5H,2,4H2,(H,11,13)(H,12,14). The number of thiazole rings is 1. The first-order valence-corrected chi connectivity index (χ1v) is 4.92. The molecule has 2 N–H and O–H groups in total. The molecule has 1 heterocycles. The number of nitrogens with zero attached hydrogens (tertiary/aromatic N) is 2. The lowest BCUT2D eigenvalue weighted by molar-refractivity contribution is -0.139. The van der Waals surface area contributed by atoms with Gasteiger partial charge in [0, 0.05) is 11.1 Å². The number of nitriles is 1. The van der Waals surface area contributed by atoms with Gasteiger partial charge in [-0.2, -0.15) is 5.26 Å². The van der Waals surface area contributed by atoms with Crippen molar-refractivity contribution in [3.8, 4) is 6.07 Å². The molecule has 0 spiro atoms. The van der Waals surface area contributed by atoms with Crippen molar-refractivity contribution in [2.24, 2.45) is 0 Å². The fourth-order valence-corrected chi connectivity index (χ4v) is 1.31. The van der Waals surface area contributed by atoms with E-state index in [1.165, 1.54) is 11.3 Å². The lowest BCUT2D eigenvalue weighted by Crippen LogP contribution is -2.39. The second-order valence-electron chi connectivity index (χ2n) is 2.49. The predicted octanol–water partition coefficient (Wildman–Crippen LogP) is -0.601. The number of hydrogen-bond acceptors (Lipinski definition) is 5. The van der Waals surface area contributed by atoms with E-state index in [1.807, 2.05) is 0 Å². The molecule has 0 aliphatic heterocycles. The fourth-order valence-electron chi connectivity index (χ4n) is 0.777. The van der Waals surface area contributed by atoms with E-state index in [2.05, 4.69) is 15.6 Å². The first-order chi connectivity index (χ1) is 7.24. The van der Waals surface area contributed by atoms with Crippen molar-refractivity contribution in [2.45, 2.75) is 6.54 Å². The lowest BCUT2D eigenvalue weighted by Gasteiger charge is -2.01. The molecular formula is C8H8N4O2S. The van der Waals surface area contributed by atoms with Gasteiger partial charge in [-0.15, -0.1) is 11.3 Å². The van der Waals surface area contributed by atoms with Gasteiger partial charge in [-0.3, -0.25) is 14.6 Å². The molecule has 0 aliphatic carbocycles. The highest BCUT2D eigenvalue weighted by Crippen LogP contribution is 2.03. The van der Waals surface area contributed by atoms with Gasteiger partial charge in [0.05, 0.1) is 18.1 Å². The summed E-state index contributed by atoms with van der Waals surface area (Å²) < 4.78 is 0. The zero-order valence-electron chi connectivity index (χ0n) is 7.69. The van der Waals surface area contributed by atoms with E-state index < -0.39 is 11.8 Å². The van der Waals surface area contributed by atoms with Crippen LogP contribution in [0.5, 0.6) is 0 Å². The second-order valence-corrected chi connectivity index (χ2v) is 3.46. The highest BCUT2D eigenvalue weighted by atomic mass is 32.1. The molecule has 0 atom stereocenters. The summed E-state index contributed by atoms with van der Waals surface area (Å²) in [5.41, 5.74) is 1.64. The van der Waals surface area contributed by atoms with Gasteiger partial charge in [0.25, 0.3) is 0 Å². The Kier molecular flexibility index (Phi) is 4.25. The maximum Gasteiger partial charge on any atom is 0.310 e. The van der Waals surface area contributed by atoms with E-state index in [1.54, 1.807) is 17.8 Å². The topological polar surface area (TPSA) is 94.9 Å². The summed E-state index contributed by atoms with van der Waals surface area (Å²) in [5, 5.41) is 12.7. The van der Waals surface area contributed by atoms with Crippen LogP contribution >= 0.6 is 11.3 Å². The molecular weight excluding hydrogens is 216 g/mol. The first-order valence-electron chi connectivity index (χ1n) is 4.04. The van der Waals surface area contributed by atoms with Crippen LogP contribution in [0.15, 0.2) is 11.7 Å². The number of carbonyl (C=O) groups is 2. The molecule has 15 heavy (non-hydrogen) atoms. The molecule has 0 radical (unpaired) electrons. The molecule has 1 aromatic rings. The minimum Gasteiger partial charge on any atom is -0.343 e. The summed E-state index contributed by atoms with van der Waals surface area (Å²) >= 11 is 1.38. The summed E-state index contributed by atoms with van der Waals surface area (Å²) in [6, 6.07) is 1.70. The van der Waals surface area contributed by atoms with Gasteiger partial charge in [-0.25, -0.2) is 0 Å². The van der Waals surface area contributed by atoms with Crippen molar-refractivity contribution in [2.75, 3.05) is 6.54 Å². The summed E-state index contributed by atoms with van der Waals surface area (Å²) in [6.07, 6.45) is 1.61. The minimum atomic E-state index is -0.805. The number of hydrogen-bond donors (Lipinski definition) is 2. The summed E-state index contributed by atoms with van der Waals surface area (Å²) in [4.78, 5) is 26.7. The zero-order valence-corrected chi connectivity index (χ0v) is 8.50. The van der Waals surface area contributed by atoms with Gasteiger partial charge in [-0.05, 0) is 0 Å². The van der Waals surface area contributed by atoms with Crippen LogP contribution in [0.1, 0.15) is 4.88 Å². The monoisotopic (exact) mass is 224 g/mol. The highest BCUT2D eigenvalue weighted by molar-refractivity contribution is 7.09. The zero-order chi connectivity index (χ0) is 11.1. The molecule has 78 valence electrons. The Labute approximate surface area is 89.9 Å². The van der Waals surface area contributed by atoms with Gasteiger partial charge >= 0.3 is 11.8 Å². The van der Waals surface area contributed by atoms with E-state index in [0.717, 1.165) is 4.88 Å². The molecule has 0 aliphatic rings. The van der Waals surface area contributed by atoms with Crippen LogP contribution in [0.4, 0.5) is 0 Å². The highest BCUT2D eigenvalue weighted by Gasteiger charge is 2.11. The number of carbonyl (C=O) groups excluding carboxylic acids is 2. The van der Waals surface area contributed by atoms with E-state index >= 15 is 0 Å². The summed E-state index contributed by atoms with van der Waals surface area (Å²) in [6.45, 7) is 0.0935. The molecule has 0 saturated carbocycles. The molecule has 1 aromatic heterocycles. The Hall–Kier alpha value is -1.94. The fraction of sp³-hybridized carbons (Fsp3) is 0.250. The number of nitrogens with one attached hydrogen (secondary N) is 2. The molecule has 6 nitrogen and oxygen atoms in total. The van der Waals surface area contributed by atoms with Crippen LogP contribution in [0.3, 0.4) is 0 Å². The smallest absolute Gasteiger partial charge is 0.310 e. The molecule has 0 aromatic carbocycles. The quantitative estimate of drug-likeness (QED) is 0.529. The Bertz CT molecular complexity index is 382. The Morgan fingerprint density at radius 2 is 2.20 bits per heavy atom. The van der Waals surface area contributed by atoms with Crippen molar-refractivity contribution in [3.63, 3.8) is 0 Å². The average molecular weight is 224 g/mol. The van der Waals surface area contributed by atoms with Crippen LogP contribution in [-0.4, -0.2) is 23.3 Å². The van der Waals surface area contributed by atoms with Crippen LogP contribution in [-0.2, 0) is 16.1 Å². The predicted molar refractivity (Wildman–Crippen MR) is 52.6 cm³/mol. The van der Waals surface area contributed by atoms with E-state index in [-0.39, 0.29) is 13.1 Å². The maximum atomic E-state index is 11.1. The van der Waals surface area contributed by atoms with Crippen LogP contribution in [0.2, 0.25) is 0 Å². The van der Waals surface area contributed by atoms with Gasteiger partial charge in [0.15, 0.2) is 0 Å². The normalized spacial score (nSPS) is 9.00. The van der Waals surface area contributed by atoms with Crippen LogP contribution in [0.25, 0.3) is 0 Å². The number of rotatable bonds is 3. The third-order valence-corrected chi connectivity index (χ3v) is 2.22. The number of aromatic nitrogens is 1. The van der Waals surface area contributed by atoms with Gasteiger partial charge in [0.1, 0.15) is 6.54 Å². The molecule has 0 fully saturated rings. The summed E-state index contributed by atoms with van der Waals surface area (Å²) in [5.74, 6) is -1.56. The Morgan fingerprint density at radius 3 is 2.80 bits per heavy atom. The first kappa shape index (κ1) is 11.1. The minimum absolute atomic E-state index is 0.174. The number of amides is 2. The lowest BCUT2D eigenvalue weighted by atomic mass is 10.4. The van der Waals surface area contributed by atoms with Crippen molar-refractivity contribution in [1.29, 1.82) is 5.26 Å². The third kappa shape index (κ3) is 3.74. The third-order valence-electron chi connectivity index (χ3n) is 1.44. The maximum absolute atomic E-state index is 11.1. The summed E-state index contributed by atoms with van der Waals surface area (Å²) in [7, 11) is 0. The SMILES string of the molecule is N#CCNC(=O)C(=O)NCc1cncs1. The Balaban J connectivity index is 2.30.